The first-order chi connectivity index (χ1) is 22.7. The van der Waals surface area contributed by atoms with Gasteiger partial charge in [-0.1, -0.05) is 108 Å². The summed E-state index contributed by atoms with van der Waals surface area (Å²) in [6.45, 7) is 21.5. The van der Waals surface area contributed by atoms with Crippen molar-refractivity contribution >= 4 is 25.2 Å². The van der Waals surface area contributed by atoms with Gasteiger partial charge in [0.1, 0.15) is 11.4 Å². The van der Waals surface area contributed by atoms with E-state index in [0.717, 1.165) is 47.9 Å². The maximum Gasteiger partial charge on any atom is 0.494 e. The summed E-state index contributed by atoms with van der Waals surface area (Å²) in [6, 6.07) is 13.4. The molecule has 5 rings (SSSR count). The summed E-state index contributed by atoms with van der Waals surface area (Å²) >= 11 is 0. The highest BCUT2D eigenvalue weighted by atomic mass is 16.7. The minimum atomic E-state index is -0.428. The van der Waals surface area contributed by atoms with Crippen LogP contribution in [0, 0.1) is 0 Å². The van der Waals surface area contributed by atoms with Crippen LogP contribution < -0.4 is 15.7 Å². The van der Waals surface area contributed by atoms with Gasteiger partial charge in [0, 0.05) is 11.1 Å². The molecule has 2 saturated heterocycles. The van der Waals surface area contributed by atoms with Gasteiger partial charge in [-0.3, -0.25) is 0 Å². The second-order valence-corrected chi connectivity index (χ2v) is 16.9. The Balaban J connectivity index is 1.53. The third kappa shape index (κ3) is 7.75. The van der Waals surface area contributed by atoms with Gasteiger partial charge in [0.2, 0.25) is 0 Å². The Kier molecular flexibility index (Phi) is 11.6. The molecule has 2 aromatic carbocycles. The molecular weight excluding hydrogens is 594 g/mol. The van der Waals surface area contributed by atoms with Crippen molar-refractivity contribution in [3.05, 3.63) is 42.0 Å². The van der Waals surface area contributed by atoms with Crippen molar-refractivity contribution < 1.29 is 23.4 Å². The molecule has 264 valence electrons. The van der Waals surface area contributed by atoms with Crippen LogP contribution in [0.3, 0.4) is 0 Å². The molecule has 0 spiro atoms. The van der Waals surface area contributed by atoms with Gasteiger partial charge >= 0.3 is 14.2 Å². The van der Waals surface area contributed by atoms with Crippen LogP contribution in [0.5, 0.6) is 5.75 Å². The Labute approximate surface area is 293 Å². The second-order valence-electron chi connectivity index (χ2n) is 16.9. The summed E-state index contributed by atoms with van der Waals surface area (Å²) in [7, 11) is -0.837. The molecule has 0 aromatic heterocycles. The van der Waals surface area contributed by atoms with Crippen molar-refractivity contribution in [3.63, 3.8) is 0 Å². The standard InChI is InChI=1S/C41H64B2O5/c1-11-13-15-17-19-21-27-41(28-22-20-18-16-14-12-2)35-29-31(42-45-37(3,4)38(5,6)46-42)23-25-33(35)34-26-24-32(30-36(34)44-41)43-47-39(7,8)40(9,10)48-43/h23-26,29-30H,11-22,27-28H2,1-10H3. The van der Waals surface area contributed by atoms with Crippen LogP contribution >= 0.6 is 0 Å². The molecule has 0 radical (unpaired) electrons. The molecule has 0 unspecified atom stereocenters. The summed E-state index contributed by atoms with van der Waals surface area (Å²) in [5, 5.41) is 0. The van der Waals surface area contributed by atoms with Crippen LogP contribution in [0.4, 0.5) is 0 Å². The molecule has 0 atom stereocenters. The predicted molar refractivity (Wildman–Crippen MR) is 202 cm³/mol. The van der Waals surface area contributed by atoms with E-state index in [2.05, 4.69) is 106 Å². The fourth-order valence-corrected chi connectivity index (χ4v) is 7.41. The van der Waals surface area contributed by atoms with Gasteiger partial charge in [-0.2, -0.15) is 0 Å². The van der Waals surface area contributed by atoms with Gasteiger partial charge in [0.15, 0.2) is 0 Å². The first-order valence-electron chi connectivity index (χ1n) is 19.3. The number of benzene rings is 2. The number of unbranched alkanes of at least 4 members (excludes halogenated alkanes) is 10. The van der Waals surface area contributed by atoms with E-state index in [1.165, 1.54) is 75.3 Å². The second kappa shape index (κ2) is 14.8. The maximum absolute atomic E-state index is 7.41. The fourth-order valence-electron chi connectivity index (χ4n) is 7.41. The summed E-state index contributed by atoms with van der Waals surface area (Å²) in [4.78, 5) is 0. The largest absolute Gasteiger partial charge is 0.494 e. The smallest absolute Gasteiger partial charge is 0.482 e. The Bertz CT molecular complexity index is 1330. The third-order valence-corrected chi connectivity index (χ3v) is 12.1. The number of hydrogen-bond acceptors (Lipinski definition) is 5. The lowest BCUT2D eigenvalue weighted by Gasteiger charge is -2.41. The Morgan fingerprint density at radius 2 is 0.875 bits per heavy atom. The topological polar surface area (TPSA) is 46.2 Å². The van der Waals surface area contributed by atoms with E-state index in [0.29, 0.717) is 0 Å². The molecule has 5 nitrogen and oxygen atoms in total. The van der Waals surface area contributed by atoms with Crippen molar-refractivity contribution in [2.45, 2.75) is 187 Å². The molecule has 3 aliphatic heterocycles. The van der Waals surface area contributed by atoms with E-state index in [1.807, 2.05) is 0 Å². The van der Waals surface area contributed by atoms with E-state index in [9.17, 15) is 0 Å². The molecule has 0 saturated carbocycles. The Morgan fingerprint density at radius 3 is 1.33 bits per heavy atom. The normalized spacial score (nSPS) is 21.2. The van der Waals surface area contributed by atoms with E-state index in [1.54, 1.807) is 0 Å². The lowest BCUT2D eigenvalue weighted by molar-refractivity contribution is 0.00578. The highest BCUT2D eigenvalue weighted by Gasteiger charge is 2.53. The summed E-state index contributed by atoms with van der Waals surface area (Å²) < 4.78 is 33.5. The van der Waals surface area contributed by atoms with Gasteiger partial charge in [0.25, 0.3) is 0 Å². The molecule has 3 aliphatic rings. The van der Waals surface area contributed by atoms with Crippen LogP contribution in [0.2, 0.25) is 0 Å². The van der Waals surface area contributed by atoms with Gasteiger partial charge in [-0.25, -0.2) is 0 Å². The highest BCUT2D eigenvalue weighted by Crippen LogP contribution is 2.50. The molecule has 0 bridgehead atoms. The zero-order valence-electron chi connectivity index (χ0n) is 32.1. The van der Waals surface area contributed by atoms with Gasteiger partial charge < -0.3 is 23.4 Å². The Morgan fingerprint density at radius 1 is 0.479 bits per heavy atom. The zero-order valence-corrected chi connectivity index (χ0v) is 32.1. The van der Waals surface area contributed by atoms with E-state index >= 15 is 0 Å². The van der Waals surface area contributed by atoms with Crippen molar-refractivity contribution in [2.75, 3.05) is 0 Å². The third-order valence-electron chi connectivity index (χ3n) is 12.1. The molecule has 2 fully saturated rings. The number of fused-ring (bicyclic) bond motifs is 3. The van der Waals surface area contributed by atoms with Crippen LogP contribution in [0.25, 0.3) is 11.1 Å². The quantitative estimate of drug-likeness (QED) is 0.133. The van der Waals surface area contributed by atoms with Crippen LogP contribution in [-0.2, 0) is 24.2 Å². The number of ether oxygens (including phenoxy) is 1. The molecule has 0 aliphatic carbocycles. The number of hydrogen-bond donors (Lipinski definition) is 0. The summed E-state index contributed by atoms with van der Waals surface area (Å²) in [5.41, 5.74) is 3.75. The van der Waals surface area contributed by atoms with E-state index in [4.69, 9.17) is 23.4 Å². The lowest BCUT2D eigenvalue weighted by atomic mass is 9.71. The van der Waals surface area contributed by atoms with Crippen molar-refractivity contribution in [2.24, 2.45) is 0 Å². The fraction of sp³-hybridized carbons (Fsp3) is 0.707. The van der Waals surface area contributed by atoms with Crippen molar-refractivity contribution in [1.29, 1.82) is 0 Å². The van der Waals surface area contributed by atoms with E-state index in [-0.39, 0.29) is 0 Å². The lowest BCUT2D eigenvalue weighted by Crippen LogP contribution is -2.41. The van der Waals surface area contributed by atoms with Crippen molar-refractivity contribution in [3.8, 4) is 16.9 Å². The molecule has 3 heterocycles. The van der Waals surface area contributed by atoms with Gasteiger partial charge in [-0.15, -0.1) is 0 Å². The molecule has 0 N–H and O–H groups in total. The number of rotatable bonds is 16. The molecule has 0 amide bonds. The minimum absolute atomic E-state index is 0.394. The maximum atomic E-state index is 7.41. The summed E-state index contributed by atoms with van der Waals surface area (Å²) in [5.74, 6) is 0.940. The average molecular weight is 659 g/mol. The van der Waals surface area contributed by atoms with Crippen molar-refractivity contribution in [1.82, 2.24) is 0 Å². The first kappa shape index (κ1) is 37.5. The first-order valence-corrected chi connectivity index (χ1v) is 19.3. The average Bonchev–Trinajstić information content (AvgIpc) is 3.39. The van der Waals surface area contributed by atoms with E-state index < -0.39 is 42.2 Å². The molecule has 7 heteroatoms. The van der Waals surface area contributed by atoms with Crippen LogP contribution in [0.1, 0.15) is 165 Å². The minimum Gasteiger partial charge on any atom is -0.482 e. The van der Waals surface area contributed by atoms with Gasteiger partial charge in [0.05, 0.1) is 22.4 Å². The molecule has 48 heavy (non-hydrogen) atoms. The monoisotopic (exact) mass is 658 g/mol. The Hall–Kier alpha value is -1.79. The SMILES string of the molecule is CCCCCCCCC1(CCCCCCCC)Oc2cc(B3OC(C)(C)C(C)(C)O3)ccc2-c2ccc(B3OC(C)(C)C(C)(C)O3)cc21. The van der Waals surface area contributed by atoms with Crippen LogP contribution in [-0.4, -0.2) is 36.6 Å². The zero-order chi connectivity index (χ0) is 34.8. The van der Waals surface area contributed by atoms with Crippen LogP contribution in [0.15, 0.2) is 36.4 Å². The predicted octanol–water partition coefficient (Wildman–Crippen LogP) is 10.0. The summed E-state index contributed by atoms with van der Waals surface area (Å²) in [6.07, 6.45) is 17.1. The highest BCUT2D eigenvalue weighted by molar-refractivity contribution is 6.62. The van der Waals surface area contributed by atoms with Gasteiger partial charge in [-0.05, 0) is 104 Å². The molecular formula is C41H64B2O5. The molecule has 2 aromatic rings.